The number of carbonyl (C=O) groups excluding carboxylic acids is 1. The van der Waals surface area contributed by atoms with Crippen LogP contribution in [0.15, 0.2) is 30.6 Å². The predicted molar refractivity (Wildman–Crippen MR) is 109 cm³/mol. The fourth-order valence-electron chi connectivity index (χ4n) is 4.27. The van der Waals surface area contributed by atoms with Crippen LogP contribution in [0.5, 0.6) is 5.75 Å². The van der Waals surface area contributed by atoms with Gasteiger partial charge in [-0.25, -0.2) is 4.98 Å². The molecule has 3 heterocycles. The van der Waals surface area contributed by atoms with Crippen molar-refractivity contribution < 1.29 is 9.53 Å². The van der Waals surface area contributed by atoms with Crippen LogP contribution in [0, 0.1) is 0 Å². The minimum absolute atomic E-state index is 0.141. The number of aromatic nitrogens is 2. The molecule has 1 saturated heterocycles. The molecule has 1 fully saturated rings. The van der Waals surface area contributed by atoms with Gasteiger partial charge in [0.15, 0.2) is 0 Å². The van der Waals surface area contributed by atoms with Crippen molar-refractivity contribution in [3.05, 3.63) is 47.5 Å². The Kier molecular flexibility index (Phi) is 5.67. The molecule has 0 spiro atoms. The zero-order chi connectivity index (χ0) is 19.5. The Morgan fingerprint density at radius 1 is 1.29 bits per heavy atom. The molecule has 0 atom stereocenters. The molecule has 1 amide bonds. The van der Waals surface area contributed by atoms with Crippen molar-refractivity contribution in [1.82, 2.24) is 19.4 Å². The summed E-state index contributed by atoms with van der Waals surface area (Å²) in [5, 5.41) is 0. The number of benzene rings is 1. The molecule has 0 N–H and O–H groups in total. The fraction of sp³-hybridized carbons (Fsp3) is 0.545. The molecule has 28 heavy (non-hydrogen) atoms. The molecule has 4 rings (SSSR count). The summed E-state index contributed by atoms with van der Waals surface area (Å²) in [6.07, 6.45) is 7.98. The third kappa shape index (κ3) is 4.07. The lowest BCUT2D eigenvalue weighted by Gasteiger charge is -2.32. The van der Waals surface area contributed by atoms with Gasteiger partial charge in [-0.3, -0.25) is 4.79 Å². The van der Waals surface area contributed by atoms with Gasteiger partial charge in [-0.1, -0.05) is 0 Å². The van der Waals surface area contributed by atoms with Crippen LogP contribution in [-0.4, -0.2) is 65.6 Å². The van der Waals surface area contributed by atoms with E-state index >= 15 is 0 Å². The van der Waals surface area contributed by atoms with Gasteiger partial charge in [0.2, 0.25) is 0 Å². The van der Waals surface area contributed by atoms with Crippen molar-refractivity contribution in [3.63, 3.8) is 0 Å². The smallest absolute Gasteiger partial charge is 0.253 e. The Bertz CT molecular complexity index is 822. The third-order valence-electron chi connectivity index (χ3n) is 5.84. The molecule has 0 bridgehead atoms. The number of rotatable bonds is 6. The molecular weight excluding hydrogens is 352 g/mol. The first-order chi connectivity index (χ1) is 13.6. The summed E-state index contributed by atoms with van der Waals surface area (Å²) in [6.45, 7) is 4.39. The zero-order valence-corrected chi connectivity index (χ0v) is 16.9. The molecule has 2 aliphatic heterocycles. The highest BCUT2D eigenvalue weighted by molar-refractivity contribution is 5.94. The summed E-state index contributed by atoms with van der Waals surface area (Å²) in [4.78, 5) is 21.8. The van der Waals surface area contributed by atoms with Crippen molar-refractivity contribution in [1.29, 1.82) is 0 Å². The van der Waals surface area contributed by atoms with E-state index in [0.29, 0.717) is 5.92 Å². The number of hydrogen-bond acceptors (Lipinski definition) is 4. The number of piperidine rings is 1. The van der Waals surface area contributed by atoms with Gasteiger partial charge in [0.1, 0.15) is 11.6 Å². The van der Waals surface area contributed by atoms with E-state index in [-0.39, 0.29) is 5.91 Å². The molecular formula is C22H30N4O2. The van der Waals surface area contributed by atoms with Gasteiger partial charge < -0.3 is 19.1 Å². The van der Waals surface area contributed by atoms with Crippen LogP contribution in [0.4, 0.5) is 0 Å². The Hall–Kier alpha value is -2.34. The van der Waals surface area contributed by atoms with E-state index in [1.165, 1.54) is 5.82 Å². The number of aryl methyl sites for hydroxylation is 1. The van der Waals surface area contributed by atoms with Gasteiger partial charge in [0.25, 0.3) is 5.91 Å². The number of carbonyl (C=O) groups is 1. The first-order valence-corrected chi connectivity index (χ1v) is 10.3. The first-order valence-electron chi connectivity index (χ1n) is 10.3. The average Bonchev–Trinajstić information content (AvgIpc) is 3.36. The standard InChI is InChI=1S/C22H30N4O2/c1-24(2)10-3-11-25-14-9-23-21(25)17-6-12-26(13-7-17)22(27)19-4-5-20-18(16-19)8-15-28-20/h4-5,9,14,16-17H,3,6-8,10-13,15H2,1-2H3. The largest absolute Gasteiger partial charge is 0.493 e. The highest BCUT2D eigenvalue weighted by Crippen LogP contribution is 2.30. The quantitative estimate of drug-likeness (QED) is 0.771. The van der Waals surface area contributed by atoms with Crippen LogP contribution < -0.4 is 4.74 Å². The van der Waals surface area contributed by atoms with Gasteiger partial charge >= 0.3 is 0 Å². The minimum atomic E-state index is 0.141. The normalized spacial score (nSPS) is 17.0. The van der Waals surface area contributed by atoms with Crippen molar-refractivity contribution in [2.75, 3.05) is 40.3 Å². The molecule has 6 nitrogen and oxygen atoms in total. The lowest BCUT2D eigenvalue weighted by atomic mass is 9.95. The number of amides is 1. The number of likely N-dealkylation sites (tertiary alicyclic amines) is 1. The number of ether oxygens (including phenoxy) is 1. The maximum absolute atomic E-state index is 12.9. The molecule has 0 saturated carbocycles. The summed E-state index contributed by atoms with van der Waals surface area (Å²) >= 11 is 0. The molecule has 2 aromatic rings. The summed E-state index contributed by atoms with van der Waals surface area (Å²) in [5.41, 5.74) is 1.94. The zero-order valence-electron chi connectivity index (χ0n) is 16.9. The van der Waals surface area contributed by atoms with Crippen LogP contribution in [0.2, 0.25) is 0 Å². The van der Waals surface area contributed by atoms with Gasteiger partial charge in [-0.05, 0) is 63.7 Å². The van der Waals surface area contributed by atoms with E-state index in [1.54, 1.807) is 0 Å². The Morgan fingerprint density at radius 3 is 2.89 bits per heavy atom. The summed E-state index contributed by atoms with van der Waals surface area (Å²) in [7, 11) is 4.21. The second-order valence-corrected chi connectivity index (χ2v) is 8.12. The molecule has 6 heteroatoms. The lowest BCUT2D eigenvalue weighted by Crippen LogP contribution is -2.38. The molecule has 2 aliphatic rings. The van der Waals surface area contributed by atoms with Crippen LogP contribution in [-0.2, 0) is 13.0 Å². The van der Waals surface area contributed by atoms with Gasteiger partial charge in [0, 0.05) is 49.9 Å². The minimum Gasteiger partial charge on any atom is -0.493 e. The second kappa shape index (κ2) is 8.35. The van der Waals surface area contributed by atoms with Crippen LogP contribution in [0.25, 0.3) is 0 Å². The maximum atomic E-state index is 12.9. The SMILES string of the molecule is CN(C)CCCn1ccnc1C1CCN(C(=O)c2ccc3c(c2)CCO3)CC1. The molecule has 0 radical (unpaired) electrons. The number of imidazole rings is 1. The summed E-state index contributed by atoms with van der Waals surface area (Å²) < 4.78 is 7.85. The van der Waals surface area contributed by atoms with Crippen molar-refractivity contribution in [2.45, 2.75) is 38.1 Å². The average molecular weight is 383 g/mol. The van der Waals surface area contributed by atoms with Crippen molar-refractivity contribution in [2.24, 2.45) is 0 Å². The van der Waals surface area contributed by atoms with E-state index in [4.69, 9.17) is 4.74 Å². The van der Waals surface area contributed by atoms with Gasteiger partial charge in [-0.2, -0.15) is 0 Å². The third-order valence-corrected chi connectivity index (χ3v) is 5.84. The first kappa shape index (κ1) is 19.0. The van der Waals surface area contributed by atoms with E-state index < -0.39 is 0 Å². The summed E-state index contributed by atoms with van der Waals surface area (Å²) in [6, 6.07) is 5.84. The molecule has 0 unspecified atom stereocenters. The predicted octanol–water partition coefficient (Wildman–Crippen LogP) is 2.79. The lowest BCUT2D eigenvalue weighted by molar-refractivity contribution is 0.0710. The van der Waals surface area contributed by atoms with E-state index in [9.17, 15) is 4.79 Å². The number of nitrogens with zero attached hydrogens (tertiary/aromatic N) is 4. The van der Waals surface area contributed by atoms with Gasteiger partial charge in [0.05, 0.1) is 6.61 Å². The monoisotopic (exact) mass is 382 g/mol. The fourth-order valence-corrected chi connectivity index (χ4v) is 4.27. The topological polar surface area (TPSA) is 50.6 Å². The molecule has 0 aliphatic carbocycles. The molecule has 1 aromatic heterocycles. The Balaban J connectivity index is 1.35. The van der Waals surface area contributed by atoms with E-state index in [0.717, 1.165) is 75.3 Å². The Morgan fingerprint density at radius 2 is 2.11 bits per heavy atom. The second-order valence-electron chi connectivity index (χ2n) is 8.12. The number of fused-ring (bicyclic) bond motifs is 1. The van der Waals surface area contributed by atoms with Gasteiger partial charge in [-0.15, -0.1) is 0 Å². The van der Waals surface area contributed by atoms with Crippen LogP contribution in [0.1, 0.15) is 46.9 Å². The van der Waals surface area contributed by atoms with Crippen molar-refractivity contribution >= 4 is 5.91 Å². The molecule has 1 aromatic carbocycles. The highest BCUT2D eigenvalue weighted by atomic mass is 16.5. The Labute approximate surface area is 167 Å². The summed E-state index contributed by atoms with van der Waals surface area (Å²) in [5.74, 6) is 2.69. The highest BCUT2D eigenvalue weighted by Gasteiger charge is 2.27. The maximum Gasteiger partial charge on any atom is 0.253 e. The van der Waals surface area contributed by atoms with Crippen molar-refractivity contribution in [3.8, 4) is 5.75 Å². The van der Waals surface area contributed by atoms with E-state index in [2.05, 4.69) is 34.7 Å². The molecule has 150 valence electrons. The van der Waals surface area contributed by atoms with Crippen LogP contribution in [0.3, 0.4) is 0 Å². The number of hydrogen-bond donors (Lipinski definition) is 0. The van der Waals surface area contributed by atoms with E-state index in [1.807, 2.05) is 29.3 Å². The van der Waals surface area contributed by atoms with Crippen LogP contribution >= 0.6 is 0 Å².